The van der Waals surface area contributed by atoms with Crippen molar-refractivity contribution < 1.29 is 26.4 Å². The van der Waals surface area contributed by atoms with Crippen molar-refractivity contribution in [3.8, 4) is 0 Å². The van der Waals surface area contributed by atoms with Gasteiger partial charge in [-0.15, -0.1) is 0 Å². The summed E-state index contributed by atoms with van der Waals surface area (Å²) < 4.78 is 65.2. The van der Waals surface area contributed by atoms with Gasteiger partial charge in [0.05, 0.1) is 17.5 Å². The van der Waals surface area contributed by atoms with E-state index in [4.69, 9.17) is 11.6 Å². The van der Waals surface area contributed by atoms with E-state index in [9.17, 15) is 26.4 Å². The van der Waals surface area contributed by atoms with Crippen molar-refractivity contribution in [2.24, 2.45) is 0 Å². The third-order valence-corrected chi connectivity index (χ3v) is 6.09. The summed E-state index contributed by atoms with van der Waals surface area (Å²) in [6, 6.07) is 12.5. The predicted molar refractivity (Wildman–Crippen MR) is 116 cm³/mol. The average Bonchev–Trinajstić information content (AvgIpc) is 2.69. The van der Waals surface area contributed by atoms with Crippen LogP contribution in [-0.4, -0.2) is 33.7 Å². The van der Waals surface area contributed by atoms with Crippen molar-refractivity contribution in [2.45, 2.75) is 31.9 Å². The Labute approximate surface area is 185 Å². The predicted octanol–water partition coefficient (Wildman–Crippen LogP) is 4.82. The van der Waals surface area contributed by atoms with E-state index < -0.39 is 27.5 Å². The summed E-state index contributed by atoms with van der Waals surface area (Å²) in [5.74, 6) is -0.218. The molecule has 0 aromatic heterocycles. The van der Waals surface area contributed by atoms with Gasteiger partial charge in [-0.25, -0.2) is 8.42 Å². The summed E-state index contributed by atoms with van der Waals surface area (Å²) in [6.45, 7) is 2.08. The maximum atomic E-state index is 13.4. The third-order valence-electron chi connectivity index (χ3n) is 4.67. The summed E-state index contributed by atoms with van der Waals surface area (Å²) in [6.07, 6.45) is -3.93. The Balaban J connectivity index is 2.02. The number of benzene rings is 2. The Bertz CT molecular complexity index is 999. The van der Waals surface area contributed by atoms with E-state index >= 15 is 0 Å². The molecule has 1 N–H and O–H groups in total. The van der Waals surface area contributed by atoms with Gasteiger partial charge in [-0.3, -0.25) is 9.10 Å². The van der Waals surface area contributed by atoms with E-state index in [-0.39, 0.29) is 36.2 Å². The first kappa shape index (κ1) is 25.0. The number of halogens is 4. The summed E-state index contributed by atoms with van der Waals surface area (Å²) >= 11 is 5.67. The molecule has 5 nitrogen and oxygen atoms in total. The smallest absolute Gasteiger partial charge is 0.356 e. The summed E-state index contributed by atoms with van der Waals surface area (Å²) in [5, 5.41) is 2.62. The second kappa shape index (κ2) is 10.4. The van der Waals surface area contributed by atoms with Crippen LogP contribution in [0.5, 0.6) is 0 Å². The summed E-state index contributed by atoms with van der Waals surface area (Å²) in [7, 11) is -4.01. The molecule has 0 aliphatic carbocycles. The minimum atomic E-state index is -4.78. The van der Waals surface area contributed by atoms with E-state index in [1.807, 2.05) is 37.3 Å². The molecule has 170 valence electrons. The molecule has 10 heteroatoms. The zero-order chi connectivity index (χ0) is 23.2. The highest BCUT2D eigenvalue weighted by Crippen LogP contribution is 2.39. The van der Waals surface area contributed by atoms with Gasteiger partial charge >= 0.3 is 6.18 Å². The number of hydrogen-bond acceptors (Lipinski definition) is 3. The van der Waals surface area contributed by atoms with E-state index in [1.54, 1.807) is 0 Å². The highest BCUT2D eigenvalue weighted by atomic mass is 35.5. The molecule has 0 saturated carbocycles. The number of carbonyl (C=O) groups excluding carboxylic acids is 1. The minimum Gasteiger partial charge on any atom is -0.356 e. The molecule has 0 heterocycles. The first-order chi connectivity index (χ1) is 14.4. The van der Waals surface area contributed by atoms with Crippen molar-refractivity contribution in [3.63, 3.8) is 0 Å². The van der Waals surface area contributed by atoms with Gasteiger partial charge in [0.2, 0.25) is 15.9 Å². The molecule has 0 aliphatic rings. The molecule has 1 amide bonds. The first-order valence-electron chi connectivity index (χ1n) is 9.55. The van der Waals surface area contributed by atoms with Gasteiger partial charge in [0.15, 0.2) is 0 Å². The Kier molecular flexibility index (Phi) is 8.36. The zero-order valence-corrected chi connectivity index (χ0v) is 18.7. The SMILES string of the molecule is C[C@H](CNC(=O)CCCN(c1ccc(Cl)cc1C(F)(F)F)S(C)(=O)=O)c1ccccc1. The van der Waals surface area contributed by atoms with Crippen LogP contribution in [0.1, 0.15) is 36.8 Å². The lowest BCUT2D eigenvalue weighted by Gasteiger charge is -2.26. The lowest BCUT2D eigenvalue weighted by Crippen LogP contribution is -2.34. The quantitative estimate of drug-likeness (QED) is 0.564. The Morgan fingerprint density at radius 2 is 1.81 bits per heavy atom. The van der Waals surface area contributed by atoms with Crippen LogP contribution >= 0.6 is 11.6 Å². The van der Waals surface area contributed by atoms with E-state index in [0.29, 0.717) is 16.9 Å². The standard InChI is InChI=1S/C21H24ClF3N2O3S/c1-15(16-7-4-3-5-8-16)14-26-20(28)9-6-12-27(31(2,29)30)19-11-10-17(22)13-18(19)21(23,24)25/h3-5,7-8,10-11,13,15H,6,9,12,14H2,1-2H3,(H,26,28)/t15-/m1/s1. The number of sulfonamides is 1. The molecule has 0 aliphatic heterocycles. The number of nitrogens with one attached hydrogen (secondary N) is 1. The lowest BCUT2D eigenvalue weighted by molar-refractivity contribution is -0.137. The van der Waals surface area contributed by atoms with Crippen molar-refractivity contribution in [2.75, 3.05) is 23.7 Å². The minimum absolute atomic E-state index is 0.0253. The molecule has 0 radical (unpaired) electrons. The molecule has 0 unspecified atom stereocenters. The zero-order valence-electron chi connectivity index (χ0n) is 17.1. The Morgan fingerprint density at radius 1 is 1.16 bits per heavy atom. The van der Waals surface area contributed by atoms with Gasteiger partial charge < -0.3 is 5.32 Å². The topological polar surface area (TPSA) is 66.5 Å². The Hall–Kier alpha value is -2.26. The second-order valence-electron chi connectivity index (χ2n) is 7.21. The Morgan fingerprint density at radius 3 is 2.39 bits per heavy atom. The fourth-order valence-corrected chi connectivity index (χ4v) is 4.21. The summed E-state index contributed by atoms with van der Waals surface area (Å²) in [5.41, 5.74) is -0.599. The van der Waals surface area contributed by atoms with Gasteiger partial charge in [0, 0.05) is 24.5 Å². The van der Waals surface area contributed by atoms with Crippen molar-refractivity contribution in [1.29, 1.82) is 0 Å². The molecular formula is C21H24ClF3N2O3S. The van der Waals surface area contributed by atoms with Gasteiger partial charge in [-0.05, 0) is 36.1 Å². The van der Waals surface area contributed by atoms with Gasteiger partial charge in [-0.1, -0.05) is 48.9 Å². The highest BCUT2D eigenvalue weighted by Gasteiger charge is 2.36. The maximum absolute atomic E-state index is 13.4. The van der Waals surface area contributed by atoms with Crippen molar-refractivity contribution in [3.05, 3.63) is 64.7 Å². The molecule has 2 rings (SSSR count). The number of anilines is 1. The fourth-order valence-electron chi connectivity index (χ4n) is 3.06. The lowest BCUT2D eigenvalue weighted by atomic mass is 10.0. The van der Waals surface area contributed by atoms with Crippen LogP contribution in [0.3, 0.4) is 0 Å². The van der Waals surface area contributed by atoms with Crippen molar-refractivity contribution in [1.82, 2.24) is 5.32 Å². The number of alkyl halides is 3. The largest absolute Gasteiger partial charge is 0.418 e. The monoisotopic (exact) mass is 476 g/mol. The van der Waals surface area contributed by atoms with Crippen LogP contribution in [0.4, 0.5) is 18.9 Å². The molecule has 1 atom stereocenters. The van der Waals surface area contributed by atoms with E-state index in [1.165, 1.54) is 6.07 Å². The maximum Gasteiger partial charge on any atom is 0.418 e. The van der Waals surface area contributed by atoms with Crippen LogP contribution in [0.2, 0.25) is 5.02 Å². The molecule has 2 aromatic carbocycles. The first-order valence-corrected chi connectivity index (χ1v) is 11.8. The molecular weight excluding hydrogens is 453 g/mol. The highest BCUT2D eigenvalue weighted by molar-refractivity contribution is 7.92. The van der Waals surface area contributed by atoms with Gasteiger partial charge in [0.1, 0.15) is 0 Å². The van der Waals surface area contributed by atoms with E-state index in [0.717, 1.165) is 17.9 Å². The van der Waals surface area contributed by atoms with Gasteiger partial charge in [0.25, 0.3) is 0 Å². The number of carbonyl (C=O) groups is 1. The van der Waals surface area contributed by atoms with Crippen LogP contribution in [-0.2, 0) is 21.0 Å². The fraction of sp³-hybridized carbons (Fsp3) is 0.381. The number of nitrogens with zero attached hydrogens (tertiary/aromatic N) is 1. The third kappa shape index (κ3) is 7.43. The van der Waals surface area contributed by atoms with Crippen LogP contribution in [0, 0.1) is 0 Å². The molecule has 0 fully saturated rings. The van der Waals surface area contributed by atoms with Crippen LogP contribution in [0.15, 0.2) is 48.5 Å². The number of hydrogen-bond donors (Lipinski definition) is 1. The molecule has 0 bridgehead atoms. The molecule has 2 aromatic rings. The number of rotatable bonds is 9. The number of amides is 1. The molecule has 0 spiro atoms. The molecule has 0 saturated heterocycles. The summed E-state index contributed by atoms with van der Waals surface area (Å²) in [4.78, 5) is 12.1. The molecule has 31 heavy (non-hydrogen) atoms. The second-order valence-corrected chi connectivity index (χ2v) is 9.56. The van der Waals surface area contributed by atoms with Crippen LogP contribution < -0.4 is 9.62 Å². The van der Waals surface area contributed by atoms with Crippen LogP contribution in [0.25, 0.3) is 0 Å². The van der Waals surface area contributed by atoms with E-state index in [2.05, 4.69) is 5.32 Å². The van der Waals surface area contributed by atoms with Crippen molar-refractivity contribution >= 4 is 33.2 Å². The van der Waals surface area contributed by atoms with Gasteiger partial charge in [-0.2, -0.15) is 13.2 Å². The average molecular weight is 477 g/mol. The normalized spacial score (nSPS) is 13.0.